The molecule has 3 aromatic rings. The lowest BCUT2D eigenvalue weighted by Crippen LogP contribution is -2.04. The van der Waals surface area contributed by atoms with Gasteiger partial charge in [0.15, 0.2) is 5.82 Å². The van der Waals surface area contributed by atoms with E-state index in [9.17, 15) is 4.39 Å². The Kier molecular flexibility index (Phi) is 3.16. The molecule has 2 aromatic carbocycles. The Morgan fingerprint density at radius 3 is 2.65 bits per heavy atom. The Morgan fingerprint density at radius 1 is 1.10 bits per heavy atom. The van der Waals surface area contributed by atoms with Crippen molar-refractivity contribution in [1.82, 2.24) is 14.8 Å². The number of rotatable bonds is 3. The molecule has 0 aliphatic heterocycles. The van der Waals surface area contributed by atoms with E-state index < -0.39 is 0 Å². The minimum atomic E-state index is -0.312. The lowest BCUT2D eigenvalue weighted by molar-refractivity contribution is 0.626. The molecule has 0 radical (unpaired) electrons. The van der Waals surface area contributed by atoms with Crippen molar-refractivity contribution in [3.05, 3.63) is 60.7 Å². The predicted octanol–water partition coefficient (Wildman–Crippen LogP) is 3.12. The Balaban J connectivity index is 2.18. The van der Waals surface area contributed by atoms with Crippen LogP contribution in [0.3, 0.4) is 0 Å². The first kappa shape index (κ1) is 12.3. The molecule has 0 fully saturated rings. The van der Waals surface area contributed by atoms with E-state index in [0.717, 1.165) is 11.3 Å². The molecule has 0 spiro atoms. The summed E-state index contributed by atoms with van der Waals surface area (Å²) in [6.07, 6.45) is 1.46. The van der Waals surface area contributed by atoms with Crippen molar-refractivity contribution < 1.29 is 4.39 Å². The van der Waals surface area contributed by atoms with E-state index in [1.807, 2.05) is 30.3 Å². The molecule has 1 heterocycles. The number of nitrogens with one attached hydrogen (secondary N) is 1. The summed E-state index contributed by atoms with van der Waals surface area (Å²) < 4.78 is 15.1. The molecule has 1 aromatic heterocycles. The van der Waals surface area contributed by atoms with Crippen LogP contribution < -0.4 is 5.32 Å². The second-order valence-corrected chi connectivity index (χ2v) is 4.27. The third-order valence-electron chi connectivity index (χ3n) is 3.04. The fourth-order valence-electron chi connectivity index (χ4n) is 2.09. The first-order chi connectivity index (χ1) is 9.79. The van der Waals surface area contributed by atoms with Crippen molar-refractivity contribution in [2.45, 2.75) is 0 Å². The minimum Gasteiger partial charge on any atom is -0.386 e. The number of anilines is 1. The van der Waals surface area contributed by atoms with Crippen molar-refractivity contribution >= 4 is 5.69 Å². The maximum absolute atomic E-state index is 13.5. The van der Waals surface area contributed by atoms with E-state index in [-0.39, 0.29) is 5.82 Å². The quantitative estimate of drug-likeness (QED) is 0.793. The van der Waals surface area contributed by atoms with Crippen LogP contribution in [0.25, 0.3) is 17.1 Å². The van der Waals surface area contributed by atoms with Crippen LogP contribution in [0.1, 0.15) is 0 Å². The Bertz CT molecular complexity index is 722. The number of benzene rings is 2. The molecular weight excluding hydrogens is 255 g/mol. The topological polar surface area (TPSA) is 42.7 Å². The maximum atomic E-state index is 13.5. The molecule has 0 amide bonds. The molecule has 0 bridgehead atoms. The normalized spacial score (nSPS) is 10.5. The summed E-state index contributed by atoms with van der Waals surface area (Å²) >= 11 is 0. The number of aromatic nitrogens is 3. The number of hydrogen-bond donors (Lipinski definition) is 1. The number of halogens is 1. The lowest BCUT2D eigenvalue weighted by Gasteiger charge is -2.11. The van der Waals surface area contributed by atoms with Gasteiger partial charge in [-0.2, -0.15) is 5.10 Å². The molecule has 20 heavy (non-hydrogen) atoms. The van der Waals surface area contributed by atoms with E-state index in [2.05, 4.69) is 15.4 Å². The highest BCUT2D eigenvalue weighted by Crippen LogP contribution is 2.25. The standard InChI is InChI=1S/C15H13FN4/c1-17-13-8-7-12(16)9-14(13)20-15(18-10-19-20)11-5-3-2-4-6-11/h2-10,17H,1H3. The van der Waals surface area contributed by atoms with Gasteiger partial charge in [0.1, 0.15) is 12.1 Å². The summed E-state index contributed by atoms with van der Waals surface area (Å²) in [6, 6.07) is 14.2. The fourth-order valence-corrected chi connectivity index (χ4v) is 2.09. The molecular formula is C15H13FN4. The van der Waals surface area contributed by atoms with E-state index in [1.165, 1.54) is 18.5 Å². The summed E-state index contributed by atoms with van der Waals surface area (Å²) in [5.74, 6) is 0.362. The van der Waals surface area contributed by atoms with Crippen molar-refractivity contribution in [3.8, 4) is 17.1 Å². The smallest absolute Gasteiger partial charge is 0.163 e. The molecule has 100 valence electrons. The molecule has 0 saturated carbocycles. The van der Waals surface area contributed by atoms with E-state index >= 15 is 0 Å². The minimum absolute atomic E-state index is 0.312. The summed E-state index contributed by atoms with van der Waals surface area (Å²) in [5, 5.41) is 7.25. The maximum Gasteiger partial charge on any atom is 0.163 e. The molecule has 5 heteroatoms. The van der Waals surface area contributed by atoms with E-state index in [1.54, 1.807) is 17.8 Å². The van der Waals surface area contributed by atoms with Crippen LogP contribution in [0.5, 0.6) is 0 Å². The molecule has 0 unspecified atom stereocenters. The molecule has 0 saturated heterocycles. The fraction of sp³-hybridized carbons (Fsp3) is 0.0667. The van der Waals surface area contributed by atoms with E-state index in [4.69, 9.17) is 0 Å². The van der Waals surface area contributed by atoms with Gasteiger partial charge in [0.2, 0.25) is 0 Å². The van der Waals surface area contributed by atoms with Gasteiger partial charge >= 0.3 is 0 Å². The Labute approximate surface area is 115 Å². The lowest BCUT2D eigenvalue weighted by atomic mass is 10.2. The highest BCUT2D eigenvalue weighted by molar-refractivity contribution is 5.65. The third kappa shape index (κ3) is 2.14. The second-order valence-electron chi connectivity index (χ2n) is 4.27. The highest BCUT2D eigenvalue weighted by atomic mass is 19.1. The van der Waals surface area contributed by atoms with Gasteiger partial charge in [0, 0.05) is 18.7 Å². The van der Waals surface area contributed by atoms with Gasteiger partial charge in [-0.25, -0.2) is 14.1 Å². The van der Waals surface area contributed by atoms with E-state index in [0.29, 0.717) is 11.5 Å². The number of nitrogens with zero attached hydrogens (tertiary/aromatic N) is 3. The van der Waals surface area contributed by atoms with Crippen LogP contribution in [-0.4, -0.2) is 21.8 Å². The van der Waals surface area contributed by atoms with Crippen LogP contribution in [0.4, 0.5) is 10.1 Å². The second kappa shape index (κ2) is 5.13. The van der Waals surface area contributed by atoms with Gasteiger partial charge in [0.25, 0.3) is 0 Å². The largest absolute Gasteiger partial charge is 0.386 e. The molecule has 1 N–H and O–H groups in total. The highest BCUT2D eigenvalue weighted by Gasteiger charge is 2.12. The number of hydrogen-bond acceptors (Lipinski definition) is 3. The van der Waals surface area contributed by atoms with Crippen molar-refractivity contribution in [2.75, 3.05) is 12.4 Å². The van der Waals surface area contributed by atoms with Gasteiger partial charge in [-0.05, 0) is 12.1 Å². The van der Waals surface area contributed by atoms with Crippen LogP contribution in [-0.2, 0) is 0 Å². The van der Waals surface area contributed by atoms with Crippen molar-refractivity contribution in [1.29, 1.82) is 0 Å². The summed E-state index contributed by atoms with van der Waals surface area (Å²) in [4.78, 5) is 4.27. The zero-order chi connectivity index (χ0) is 13.9. The Morgan fingerprint density at radius 2 is 1.90 bits per heavy atom. The summed E-state index contributed by atoms with van der Waals surface area (Å²) in [5.41, 5.74) is 2.34. The van der Waals surface area contributed by atoms with Crippen molar-refractivity contribution in [2.24, 2.45) is 0 Å². The Hall–Kier alpha value is -2.69. The zero-order valence-electron chi connectivity index (χ0n) is 10.9. The van der Waals surface area contributed by atoms with Crippen LogP contribution in [0.15, 0.2) is 54.9 Å². The average Bonchev–Trinajstić information content (AvgIpc) is 2.97. The van der Waals surface area contributed by atoms with Gasteiger partial charge in [0.05, 0.1) is 11.4 Å². The monoisotopic (exact) mass is 268 g/mol. The van der Waals surface area contributed by atoms with Crippen LogP contribution >= 0.6 is 0 Å². The van der Waals surface area contributed by atoms with Crippen LogP contribution in [0.2, 0.25) is 0 Å². The molecule has 0 atom stereocenters. The predicted molar refractivity (Wildman–Crippen MR) is 76.3 cm³/mol. The molecule has 3 rings (SSSR count). The molecule has 0 aliphatic rings. The van der Waals surface area contributed by atoms with Crippen LogP contribution in [0, 0.1) is 5.82 Å². The molecule has 0 aliphatic carbocycles. The third-order valence-corrected chi connectivity index (χ3v) is 3.04. The van der Waals surface area contributed by atoms with Gasteiger partial charge in [-0.1, -0.05) is 30.3 Å². The zero-order valence-corrected chi connectivity index (χ0v) is 10.9. The van der Waals surface area contributed by atoms with Gasteiger partial charge in [-0.3, -0.25) is 0 Å². The van der Waals surface area contributed by atoms with Gasteiger partial charge in [-0.15, -0.1) is 0 Å². The van der Waals surface area contributed by atoms with Crippen molar-refractivity contribution in [3.63, 3.8) is 0 Å². The first-order valence-corrected chi connectivity index (χ1v) is 6.22. The summed E-state index contributed by atoms with van der Waals surface area (Å²) in [7, 11) is 1.79. The average molecular weight is 268 g/mol. The first-order valence-electron chi connectivity index (χ1n) is 6.22. The summed E-state index contributed by atoms with van der Waals surface area (Å²) in [6.45, 7) is 0. The van der Waals surface area contributed by atoms with Gasteiger partial charge < -0.3 is 5.32 Å². The molecule has 4 nitrogen and oxygen atoms in total. The SMILES string of the molecule is CNc1ccc(F)cc1-n1ncnc1-c1ccccc1.